The molecule has 1 saturated carbocycles. The number of halogens is 1. The Morgan fingerprint density at radius 2 is 2.04 bits per heavy atom. The van der Waals surface area contributed by atoms with Gasteiger partial charge >= 0.3 is 0 Å². The highest BCUT2D eigenvalue weighted by Crippen LogP contribution is 2.40. The van der Waals surface area contributed by atoms with Crippen molar-refractivity contribution in [1.29, 1.82) is 0 Å². The van der Waals surface area contributed by atoms with Gasteiger partial charge in [0.05, 0.1) is 5.69 Å². The van der Waals surface area contributed by atoms with Crippen LogP contribution in [0.25, 0.3) is 0 Å². The van der Waals surface area contributed by atoms with Crippen molar-refractivity contribution >= 4 is 17.5 Å². The summed E-state index contributed by atoms with van der Waals surface area (Å²) in [6, 6.07) is 7.40. The van der Waals surface area contributed by atoms with Crippen molar-refractivity contribution in [2.45, 2.75) is 52.0 Å². The van der Waals surface area contributed by atoms with E-state index >= 15 is 0 Å². The van der Waals surface area contributed by atoms with Crippen LogP contribution in [-0.4, -0.2) is 16.0 Å². The standard InChI is InChI=1S/C18H23FN4/c1-4-12(3)20-18-22-16(13-6-7-13)10-17(23-18)21-14-8-5-11(2)15(19)9-14/h5,8-10,12-13H,4,6-7H2,1-3H3,(H2,20,21,22,23)/t12-/m0/s1. The molecule has 1 aliphatic rings. The average Bonchev–Trinajstić information content (AvgIpc) is 3.35. The number of nitrogens with one attached hydrogen (secondary N) is 2. The molecule has 0 bridgehead atoms. The molecule has 0 spiro atoms. The van der Waals surface area contributed by atoms with E-state index in [0.29, 0.717) is 35.0 Å². The van der Waals surface area contributed by atoms with Gasteiger partial charge in [0, 0.05) is 23.7 Å². The minimum atomic E-state index is -0.218. The summed E-state index contributed by atoms with van der Waals surface area (Å²) in [7, 11) is 0. The van der Waals surface area contributed by atoms with Gasteiger partial charge in [0.1, 0.15) is 11.6 Å². The van der Waals surface area contributed by atoms with Crippen molar-refractivity contribution in [3.05, 3.63) is 41.3 Å². The van der Waals surface area contributed by atoms with E-state index in [0.717, 1.165) is 12.1 Å². The van der Waals surface area contributed by atoms with Crippen LogP contribution in [-0.2, 0) is 0 Å². The Balaban J connectivity index is 1.86. The van der Waals surface area contributed by atoms with E-state index in [1.54, 1.807) is 13.0 Å². The van der Waals surface area contributed by atoms with Gasteiger partial charge in [-0.05, 0) is 50.8 Å². The van der Waals surface area contributed by atoms with Crippen molar-refractivity contribution in [3.8, 4) is 0 Å². The SMILES string of the molecule is CC[C@H](C)Nc1nc(Nc2ccc(C)c(F)c2)cc(C2CC2)n1. The van der Waals surface area contributed by atoms with Gasteiger partial charge in [-0.25, -0.2) is 9.37 Å². The van der Waals surface area contributed by atoms with Gasteiger partial charge in [-0.3, -0.25) is 0 Å². The predicted molar refractivity (Wildman–Crippen MR) is 91.8 cm³/mol. The lowest BCUT2D eigenvalue weighted by Gasteiger charge is -2.14. The molecule has 0 saturated heterocycles. The Bertz CT molecular complexity index is 697. The molecule has 1 heterocycles. The molecule has 0 aliphatic heterocycles. The van der Waals surface area contributed by atoms with Crippen molar-refractivity contribution in [2.75, 3.05) is 10.6 Å². The Hall–Kier alpha value is -2.17. The van der Waals surface area contributed by atoms with E-state index in [9.17, 15) is 4.39 Å². The number of rotatable bonds is 6. The first kappa shape index (κ1) is 15.7. The molecular formula is C18H23FN4. The zero-order valence-electron chi connectivity index (χ0n) is 13.9. The summed E-state index contributed by atoms with van der Waals surface area (Å²) >= 11 is 0. The summed E-state index contributed by atoms with van der Waals surface area (Å²) in [5.74, 6) is 1.66. The normalized spacial score (nSPS) is 15.3. The highest BCUT2D eigenvalue weighted by molar-refractivity contribution is 5.58. The topological polar surface area (TPSA) is 49.8 Å². The zero-order chi connectivity index (χ0) is 16.4. The summed E-state index contributed by atoms with van der Waals surface area (Å²) in [6.07, 6.45) is 3.36. The first-order valence-electron chi connectivity index (χ1n) is 8.24. The first-order valence-corrected chi connectivity index (χ1v) is 8.24. The van der Waals surface area contributed by atoms with Gasteiger partial charge in [-0.1, -0.05) is 13.0 Å². The Labute approximate surface area is 136 Å². The molecule has 1 aromatic heterocycles. The molecule has 5 heteroatoms. The number of aryl methyl sites for hydroxylation is 1. The molecular weight excluding hydrogens is 291 g/mol. The van der Waals surface area contributed by atoms with Crippen LogP contribution >= 0.6 is 0 Å². The van der Waals surface area contributed by atoms with E-state index in [1.807, 2.05) is 12.1 Å². The molecule has 4 nitrogen and oxygen atoms in total. The second-order valence-corrected chi connectivity index (χ2v) is 6.32. The molecule has 2 N–H and O–H groups in total. The lowest BCUT2D eigenvalue weighted by atomic mass is 10.2. The van der Waals surface area contributed by atoms with E-state index in [4.69, 9.17) is 0 Å². The van der Waals surface area contributed by atoms with Crippen molar-refractivity contribution in [1.82, 2.24) is 9.97 Å². The lowest BCUT2D eigenvalue weighted by Crippen LogP contribution is -2.16. The molecule has 122 valence electrons. The zero-order valence-corrected chi connectivity index (χ0v) is 13.9. The van der Waals surface area contributed by atoms with Gasteiger partial charge in [-0.15, -0.1) is 0 Å². The summed E-state index contributed by atoms with van der Waals surface area (Å²) < 4.78 is 13.7. The van der Waals surface area contributed by atoms with Gasteiger partial charge in [-0.2, -0.15) is 4.98 Å². The Morgan fingerprint density at radius 1 is 1.26 bits per heavy atom. The maximum absolute atomic E-state index is 13.7. The van der Waals surface area contributed by atoms with Crippen LogP contribution in [0.5, 0.6) is 0 Å². The third-order valence-corrected chi connectivity index (χ3v) is 4.17. The van der Waals surface area contributed by atoms with Crippen molar-refractivity contribution in [2.24, 2.45) is 0 Å². The average molecular weight is 314 g/mol. The third-order valence-electron chi connectivity index (χ3n) is 4.17. The van der Waals surface area contributed by atoms with E-state index in [1.165, 1.54) is 18.9 Å². The fourth-order valence-electron chi connectivity index (χ4n) is 2.32. The van der Waals surface area contributed by atoms with Gasteiger partial charge in [0.25, 0.3) is 0 Å². The smallest absolute Gasteiger partial charge is 0.225 e. The highest BCUT2D eigenvalue weighted by atomic mass is 19.1. The molecule has 0 radical (unpaired) electrons. The highest BCUT2D eigenvalue weighted by Gasteiger charge is 2.26. The third kappa shape index (κ3) is 3.97. The second kappa shape index (κ2) is 6.52. The minimum Gasteiger partial charge on any atom is -0.352 e. The van der Waals surface area contributed by atoms with Crippen LogP contribution in [0, 0.1) is 12.7 Å². The minimum absolute atomic E-state index is 0.218. The fourth-order valence-corrected chi connectivity index (χ4v) is 2.32. The van der Waals surface area contributed by atoms with Crippen molar-refractivity contribution in [3.63, 3.8) is 0 Å². The summed E-state index contributed by atoms with van der Waals surface area (Å²) in [5.41, 5.74) is 2.39. The summed E-state index contributed by atoms with van der Waals surface area (Å²) in [6.45, 7) is 5.98. The molecule has 3 rings (SSSR count). The van der Waals surface area contributed by atoms with Crippen LogP contribution < -0.4 is 10.6 Å². The molecule has 0 unspecified atom stereocenters. The molecule has 0 amide bonds. The predicted octanol–water partition coefficient (Wildman–Crippen LogP) is 4.76. The Kier molecular flexibility index (Phi) is 4.46. The van der Waals surface area contributed by atoms with E-state index in [2.05, 4.69) is 34.4 Å². The molecule has 23 heavy (non-hydrogen) atoms. The van der Waals surface area contributed by atoms with Crippen LogP contribution in [0.2, 0.25) is 0 Å². The first-order chi connectivity index (χ1) is 11.0. The van der Waals surface area contributed by atoms with E-state index < -0.39 is 0 Å². The Morgan fingerprint density at radius 3 is 2.70 bits per heavy atom. The number of aromatic nitrogens is 2. The number of benzene rings is 1. The van der Waals surface area contributed by atoms with Crippen LogP contribution in [0.3, 0.4) is 0 Å². The summed E-state index contributed by atoms with van der Waals surface area (Å²) in [5, 5.41) is 6.52. The molecule has 2 aromatic rings. The van der Waals surface area contributed by atoms with Gasteiger partial charge < -0.3 is 10.6 Å². The second-order valence-electron chi connectivity index (χ2n) is 6.32. The number of anilines is 3. The number of hydrogen-bond acceptors (Lipinski definition) is 4. The molecule has 1 atom stereocenters. The lowest BCUT2D eigenvalue weighted by molar-refractivity contribution is 0.619. The number of hydrogen-bond donors (Lipinski definition) is 2. The van der Waals surface area contributed by atoms with E-state index in [-0.39, 0.29) is 5.82 Å². The van der Waals surface area contributed by atoms with Gasteiger partial charge in [0.15, 0.2) is 0 Å². The largest absolute Gasteiger partial charge is 0.352 e. The molecule has 1 aromatic carbocycles. The van der Waals surface area contributed by atoms with Crippen LogP contribution in [0.4, 0.5) is 21.8 Å². The molecule has 1 aliphatic carbocycles. The maximum atomic E-state index is 13.7. The van der Waals surface area contributed by atoms with Crippen molar-refractivity contribution < 1.29 is 4.39 Å². The monoisotopic (exact) mass is 314 g/mol. The van der Waals surface area contributed by atoms with Gasteiger partial charge in [0.2, 0.25) is 5.95 Å². The number of nitrogens with zero attached hydrogens (tertiary/aromatic N) is 2. The summed E-state index contributed by atoms with van der Waals surface area (Å²) in [4.78, 5) is 9.14. The molecule has 1 fully saturated rings. The maximum Gasteiger partial charge on any atom is 0.225 e. The fraction of sp³-hybridized carbons (Fsp3) is 0.444. The van der Waals surface area contributed by atoms with Crippen LogP contribution in [0.1, 0.15) is 50.3 Å². The van der Waals surface area contributed by atoms with Crippen LogP contribution in [0.15, 0.2) is 24.3 Å². The quantitative estimate of drug-likeness (QED) is 0.807.